The van der Waals surface area contributed by atoms with Gasteiger partial charge in [-0.2, -0.15) is 26.3 Å². The Kier molecular flexibility index (Phi) is 8.27. The molecule has 0 aliphatic carbocycles. The van der Waals surface area contributed by atoms with Crippen LogP contribution in [0.4, 0.5) is 26.3 Å². The number of hydrogen-bond acceptors (Lipinski definition) is 4. The fraction of sp³-hybridized carbons (Fsp3) is 0.0667. The van der Waals surface area contributed by atoms with Crippen LogP contribution in [-0.2, 0) is 9.59 Å². The Labute approximate surface area is 232 Å². The molecular formula is C30H18F6N2O4. The smallest absolute Gasteiger partial charge is 0.475 e. The highest BCUT2D eigenvalue weighted by atomic mass is 19.4. The molecule has 2 aromatic heterocycles. The van der Waals surface area contributed by atoms with Crippen molar-refractivity contribution in [3.8, 4) is 11.1 Å². The van der Waals surface area contributed by atoms with E-state index < -0.39 is 24.3 Å². The van der Waals surface area contributed by atoms with E-state index in [1.165, 1.54) is 16.3 Å². The van der Waals surface area contributed by atoms with Crippen LogP contribution < -0.4 is 0 Å². The van der Waals surface area contributed by atoms with Crippen LogP contribution in [0, 0.1) is 0 Å². The summed E-state index contributed by atoms with van der Waals surface area (Å²) in [6, 6.07) is 33.8. The van der Waals surface area contributed by atoms with Crippen LogP contribution in [0.25, 0.3) is 54.7 Å². The average Bonchev–Trinajstić information content (AvgIpc) is 2.94. The van der Waals surface area contributed by atoms with E-state index in [2.05, 4.69) is 84.9 Å². The molecule has 0 saturated heterocycles. The van der Waals surface area contributed by atoms with Crippen LogP contribution in [0.2, 0.25) is 0 Å². The van der Waals surface area contributed by atoms with Gasteiger partial charge in [0.25, 0.3) is 0 Å². The maximum absolute atomic E-state index is 10.6. The molecule has 6 rings (SSSR count). The van der Waals surface area contributed by atoms with Gasteiger partial charge in [0.1, 0.15) is 0 Å². The molecule has 0 amide bonds. The number of halogens is 6. The molecule has 0 aliphatic heterocycles. The van der Waals surface area contributed by atoms with Crippen molar-refractivity contribution in [2.75, 3.05) is 0 Å². The van der Waals surface area contributed by atoms with E-state index >= 15 is 0 Å². The molecule has 0 saturated carbocycles. The minimum Gasteiger partial charge on any atom is -0.475 e. The summed E-state index contributed by atoms with van der Waals surface area (Å²) in [5.74, 6) is -5.51. The SMILES string of the molecule is O=C(O)C(F)(F)F.O=C(O)C(F)(F)F.c1ccc2nc3cc(-c4cccc5nc6ccccc6cc45)ccc3cc2c1. The second kappa shape index (κ2) is 11.7. The molecule has 4 aromatic carbocycles. The van der Waals surface area contributed by atoms with Crippen LogP contribution in [-0.4, -0.2) is 44.5 Å². The lowest BCUT2D eigenvalue weighted by molar-refractivity contribution is -0.193. The first-order chi connectivity index (χ1) is 19.7. The largest absolute Gasteiger partial charge is 0.490 e. The van der Waals surface area contributed by atoms with Gasteiger partial charge in [0.15, 0.2) is 0 Å². The minimum atomic E-state index is -5.08. The second-order valence-electron chi connectivity index (χ2n) is 8.75. The van der Waals surface area contributed by atoms with E-state index in [0.717, 1.165) is 38.4 Å². The third-order valence-electron chi connectivity index (χ3n) is 5.88. The Morgan fingerprint density at radius 2 is 0.976 bits per heavy atom. The lowest BCUT2D eigenvalue weighted by Gasteiger charge is -2.09. The molecule has 6 nitrogen and oxygen atoms in total. The first-order valence-electron chi connectivity index (χ1n) is 11.9. The predicted octanol–water partition coefficient (Wildman–Crippen LogP) is 8.02. The lowest BCUT2D eigenvalue weighted by atomic mass is 9.98. The number of hydrogen-bond donors (Lipinski definition) is 2. The number of pyridine rings is 2. The molecule has 0 bridgehead atoms. The Balaban J connectivity index is 0.000000243. The van der Waals surface area contributed by atoms with E-state index in [-0.39, 0.29) is 0 Å². The van der Waals surface area contributed by atoms with Crippen LogP contribution in [0.1, 0.15) is 0 Å². The number of aromatic nitrogens is 2. The molecule has 0 unspecified atom stereocenters. The Morgan fingerprint density at radius 3 is 1.52 bits per heavy atom. The highest BCUT2D eigenvalue weighted by Crippen LogP contribution is 2.32. The molecule has 0 atom stereocenters. The molecule has 2 N–H and O–H groups in total. The maximum atomic E-state index is 10.6. The highest BCUT2D eigenvalue weighted by molar-refractivity contribution is 6.03. The summed E-state index contributed by atoms with van der Waals surface area (Å²) in [5, 5.41) is 18.9. The van der Waals surface area contributed by atoms with Gasteiger partial charge in [-0.15, -0.1) is 0 Å². The summed E-state index contributed by atoms with van der Waals surface area (Å²) in [6.45, 7) is 0. The predicted molar refractivity (Wildman–Crippen MR) is 145 cm³/mol. The molecule has 214 valence electrons. The quantitative estimate of drug-likeness (QED) is 0.150. The van der Waals surface area contributed by atoms with Gasteiger partial charge in [0.2, 0.25) is 0 Å². The van der Waals surface area contributed by atoms with Gasteiger partial charge in [-0.25, -0.2) is 19.6 Å². The summed E-state index contributed by atoms with van der Waals surface area (Å²) in [7, 11) is 0. The van der Waals surface area contributed by atoms with Gasteiger partial charge < -0.3 is 10.2 Å². The minimum absolute atomic E-state index is 1.02. The number of benzene rings is 4. The van der Waals surface area contributed by atoms with Crippen molar-refractivity contribution in [1.82, 2.24) is 9.97 Å². The fourth-order valence-electron chi connectivity index (χ4n) is 3.99. The van der Waals surface area contributed by atoms with Crippen LogP contribution in [0.3, 0.4) is 0 Å². The average molecular weight is 584 g/mol. The zero-order valence-electron chi connectivity index (χ0n) is 21.1. The van der Waals surface area contributed by atoms with Gasteiger partial charge in [-0.05, 0) is 47.5 Å². The van der Waals surface area contributed by atoms with Crippen molar-refractivity contribution in [2.24, 2.45) is 0 Å². The van der Waals surface area contributed by atoms with Crippen LogP contribution >= 0.6 is 0 Å². The standard InChI is InChI=1S/C26H16N2.2C2HF3O2/c1-3-9-23-18(6-1)14-20-13-12-17(16-26(20)28-23)21-8-5-11-25-22(21)15-19-7-2-4-10-24(19)27-25;2*3-2(4,5)1(6)7/h1-16H;2*(H,6,7). The van der Waals surface area contributed by atoms with Gasteiger partial charge in [0, 0.05) is 21.5 Å². The molecule has 2 heterocycles. The Morgan fingerprint density at radius 1 is 0.524 bits per heavy atom. The third kappa shape index (κ3) is 6.89. The summed E-state index contributed by atoms with van der Waals surface area (Å²) in [6.07, 6.45) is -10.2. The molecule has 0 spiro atoms. The van der Waals surface area contributed by atoms with Crippen LogP contribution in [0.15, 0.2) is 97.1 Å². The fourth-order valence-corrected chi connectivity index (χ4v) is 3.99. The molecule has 0 radical (unpaired) electrons. The summed E-state index contributed by atoms with van der Waals surface area (Å²) >= 11 is 0. The number of carboxylic acid groups (broad SMARTS) is 2. The van der Waals surface area contributed by atoms with Crippen molar-refractivity contribution < 1.29 is 46.1 Å². The summed E-state index contributed by atoms with van der Waals surface area (Å²) in [4.78, 5) is 27.5. The number of carbonyl (C=O) groups is 2. The van der Waals surface area contributed by atoms with Crippen molar-refractivity contribution >= 4 is 55.6 Å². The number of carboxylic acids is 2. The first-order valence-corrected chi connectivity index (χ1v) is 11.9. The molecule has 0 aliphatic rings. The second-order valence-corrected chi connectivity index (χ2v) is 8.75. The maximum Gasteiger partial charge on any atom is 0.490 e. The Hall–Kier alpha value is -5.26. The van der Waals surface area contributed by atoms with Gasteiger partial charge in [-0.3, -0.25) is 0 Å². The lowest BCUT2D eigenvalue weighted by Crippen LogP contribution is -2.21. The zero-order valence-corrected chi connectivity index (χ0v) is 21.1. The molecule has 0 fully saturated rings. The number of aliphatic carboxylic acids is 2. The van der Waals surface area contributed by atoms with Crippen molar-refractivity contribution in [3.05, 3.63) is 97.1 Å². The van der Waals surface area contributed by atoms with E-state index in [4.69, 9.17) is 29.8 Å². The van der Waals surface area contributed by atoms with Crippen LogP contribution in [0.5, 0.6) is 0 Å². The van der Waals surface area contributed by atoms with E-state index in [1.807, 2.05) is 12.1 Å². The summed E-state index contributed by atoms with van der Waals surface area (Å²) in [5.41, 5.74) is 6.44. The summed E-state index contributed by atoms with van der Waals surface area (Å²) < 4.78 is 63.5. The van der Waals surface area contributed by atoms with E-state index in [9.17, 15) is 26.3 Å². The third-order valence-corrected chi connectivity index (χ3v) is 5.88. The number of rotatable bonds is 1. The number of alkyl halides is 6. The van der Waals surface area contributed by atoms with Crippen molar-refractivity contribution in [3.63, 3.8) is 0 Å². The van der Waals surface area contributed by atoms with E-state index in [1.54, 1.807) is 0 Å². The van der Waals surface area contributed by atoms with Gasteiger partial charge >= 0.3 is 24.3 Å². The number of nitrogens with zero attached hydrogens (tertiary/aromatic N) is 2. The normalized spacial score (nSPS) is 11.5. The van der Waals surface area contributed by atoms with E-state index in [0.29, 0.717) is 0 Å². The number of para-hydroxylation sites is 2. The monoisotopic (exact) mass is 584 g/mol. The van der Waals surface area contributed by atoms with Crippen molar-refractivity contribution in [2.45, 2.75) is 12.4 Å². The topological polar surface area (TPSA) is 100 Å². The Bertz CT molecular complexity index is 1910. The zero-order chi connectivity index (χ0) is 30.7. The number of fused-ring (bicyclic) bond motifs is 4. The molecule has 42 heavy (non-hydrogen) atoms. The highest BCUT2D eigenvalue weighted by Gasteiger charge is 2.38. The van der Waals surface area contributed by atoms with Gasteiger partial charge in [-0.1, -0.05) is 60.7 Å². The molecular weight excluding hydrogens is 566 g/mol. The van der Waals surface area contributed by atoms with Gasteiger partial charge in [0.05, 0.1) is 22.1 Å². The molecule has 12 heteroatoms. The first kappa shape index (κ1) is 29.7. The van der Waals surface area contributed by atoms with Crippen molar-refractivity contribution in [1.29, 1.82) is 0 Å². The molecule has 6 aromatic rings.